The molecule has 2 unspecified atom stereocenters. The van der Waals surface area contributed by atoms with E-state index in [1.54, 1.807) is 4.90 Å². The summed E-state index contributed by atoms with van der Waals surface area (Å²) in [6.07, 6.45) is 2.37. The van der Waals surface area contributed by atoms with Gasteiger partial charge in [0.1, 0.15) is 6.61 Å². The van der Waals surface area contributed by atoms with Crippen LogP contribution in [0.4, 0.5) is 4.79 Å². The van der Waals surface area contributed by atoms with Gasteiger partial charge >= 0.3 is 6.09 Å². The Hall–Kier alpha value is -0.770. The SMILES string of the molecule is CC1CCCNC1CN1CCOC1=O. The molecule has 2 saturated heterocycles. The number of piperidine rings is 1. The van der Waals surface area contributed by atoms with Crippen molar-refractivity contribution in [1.82, 2.24) is 10.2 Å². The average molecular weight is 198 g/mol. The fourth-order valence-corrected chi connectivity index (χ4v) is 2.19. The van der Waals surface area contributed by atoms with E-state index < -0.39 is 0 Å². The minimum atomic E-state index is -0.149. The molecule has 2 heterocycles. The van der Waals surface area contributed by atoms with E-state index in [4.69, 9.17) is 4.74 Å². The minimum Gasteiger partial charge on any atom is -0.448 e. The Morgan fingerprint density at radius 3 is 3.14 bits per heavy atom. The fourth-order valence-electron chi connectivity index (χ4n) is 2.19. The van der Waals surface area contributed by atoms with Gasteiger partial charge in [-0.05, 0) is 25.3 Å². The van der Waals surface area contributed by atoms with Crippen molar-refractivity contribution in [2.45, 2.75) is 25.8 Å². The molecule has 0 saturated carbocycles. The van der Waals surface area contributed by atoms with Gasteiger partial charge in [0.2, 0.25) is 0 Å². The number of hydrogen-bond donors (Lipinski definition) is 1. The molecule has 2 rings (SSSR count). The van der Waals surface area contributed by atoms with Crippen molar-refractivity contribution in [2.24, 2.45) is 5.92 Å². The Kier molecular flexibility index (Phi) is 2.91. The van der Waals surface area contributed by atoms with Gasteiger partial charge in [-0.15, -0.1) is 0 Å². The molecule has 2 aliphatic rings. The van der Waals surface area contributed by atoms with Crippen LogP contribution in [0.15, 0.2) is 0 Å². The molecule has 1 N–H and O–H groups in total. The zero-order valence-electron chi connectivity index (χ0n) is 8.66. The summed E-state index contributed by atoms with van der Waals surface area (Å²) in [5.74, 6) is 0.664. The Bertz CT molecular complexity index is 220. The monoisotopic (exact) mass is 198 g/mol. The van der Waals surface area contributed by atoms with Crippen LogP contribution < -0.4 is 5.32 Å². The van der Waals surface area contributed by atoms with E-state index in [1.165, 1.54) is 12.8 Å². The Labute approximate surface area is 84.6 Å². The van der Waals surface area contributed by atoms with Gasteiger partial charge in [-0.1, -0.05) is 6.92 Å². The third-order valence-electron chi connectivity index (χ3n) is 3.19. The lowest BCUT2D eigenvalue weighted by atomic mass is 9.92. The highest BCUT2D eigenvalue weighted by molar-refractivity contribution is 5.69. The second-order valence-corrected chi connectivity index (χ2v) is 4.24. The van der Waals surface area contributed by atoms with Crippen LogP contribution in [-0.4, -0.2) is 43.3 Å². The molecule has 0 radical (unpaired) electrons. The molecule has 2 fully saturated rings. The molecule has 0 aromatic carbocycles. The molecular weight excluding hydrogens is 180 g/mol. The van der Waals surface area contributed by atoms with Gasteiger partial charge in [0, 0.05) is 12.6 Å². The molecule has 2 atom stereocenters. The second-order valence-electron chi connectivity index (χ2n) is 4.24. The first-order valence-electron chi connectivity index (χ1n) is 5.42. The number of amides is 1. The van der Waals surface area contributed by atoms with Gasteiger partial charge in [0.25, 0.3) is 0 Å². The van der Waals surface area contributed by atoms with Crippen LogP contribution in [0, 0.1) is 5.92 Å². The molecule has 4 heteroatoms. The number of cyclic esters (lactones) is 1. The predicted octanol–water partition coefficient (Wildman–Crippen LogP) is 0.827. The van der Waals surface area contributed by atoms with E-state index in [1.807, 2.05) is 0 Å². The van der Waals surface area contributed by atoms with Crippen LogP contribution in [0.25, 0.3) is 0 Å². The third kappa shape index (κ3) is 2.00. The van der Waals surface area contributed by atoms with Crippen molar-refractivity contribution < 1.29 is 9.53 Å². The van der Waals surface area contributed by atoms with Crippen LogP contribution in [0.2, 0.25) is 0 Å². The zero-order valence-corrected chi connectivity index (χ0v) is 8.66. The molecule has 0 bridgehead atoms. The largest absolute Gasteiger partial charge is 0.448 e. The summed E-state index contributed by atoms with van der Waals surface area (Å²) in [6, 6.07) is 0.453. The lowest BCUT2D eigenvalue weighted by Gasteiger charge is -2.32. The minimum absolute atomic E-state index is 0.149. The zero-order chi connectivity index (χ0) is 9.97. The smallest absolute Gasteiger partial charge is 0.409 e. The van der Waals surface area contributed by atoms with Gasteiger partial charge < -0.3 is 15.0 Å². The fraction of sp³-hybridized carbons (Fsp3) is 0.900. The molecule has 1 amide bonds. The summed E-state index contributed by atoms with van der Waals surface area (Å²) in [5, 5.41) is 3.47. The summed E-state index contributed by atoms with van der Waals surface area (Å²) < 4.78 is 4.90. The van der Waals surface area contributed by atoms with Gasteiger partial charge in [0.05, 0.1) is 6.54 Å². The predicted molar refractivity (Wildman–Crippen MR) is 53.1 cm³/mol. The first-order valence-corrected chi connectivity index (χ1v) is 5.42. The number of carbonyl (C=O) groups excluding carboxylic acids is 1. The summed E-state index contributed by atoms with van der Waals surface area (Å²) in [7, 11) is 0. The summed E-state index contributed by atoms with van der Waals surface area (Å²) in [4.78, 5) is 13.0. The van der Waals surface area contributed by atoms with E-state index >= 15 is 0 Å². The van der Waals surface area contributed by atoms with Crippen molar-refractivity contribution in [1.29, 1.82) is 0 Å². The molecule has 0 aromatic rings. The molecule has 80 valence electrons. The van der Waals surface area contributed by atoms with Crippen molar-refractivity contribution in [3.05, 3.63) is 0 Å². The number of hydrogen-bond acceptors (Lipinski definition) is 3. The van der Waals surface area contributed by atoms with Crippen molar-refractivity contribution in [3.63, 3.8) is 0 Å². The molecular formula is C10H18N2O2. The highest BCUT2D eigenvalue weighted by Gasteiger charge is 2.28. The van der Waals surface area contributed by atoms with Crippen molar-refractivity contribution >= 4 is 6.09 Å². The van der Waals surface area contributed by atoms with Crippen LogP contribution >= 0.6 is 0 Å². The highest BCUT2D eigenvalue weighted by Crippen LogP contribution is 2.17. The third-order valence-corrected chi connectivity index (χ3v) is 3.19. The number of ether oxygens (including phenoxy) is 1. The van der Waals surface area contributed by atoms with Gasteiger partial charge in [-0.2, -0.15) is 0 Å². The van der Waals surface area contributed by atoms with Crippen LogP contribution in [0.3, 0.4) is 0 Å². The normalized spacial score (nSPS) is 33.2. The standard InChI is InChI=1S/C10H18N2O2/c1-8-3-2-4-11-9(8)7-12-5-6-14-10(12)13/h8-9,11H,2-7H2,1H3. The number of nitrogens with zero attached hydrogens (tertiary/aromatic N) is 1. The van der Waals surface area contributed by atoms with Gasteiger partial charge in [-0.25, -0.2) is 4.79 Å². The van der Waals surface area contributed by atoms with E-state index in [2.05, 4.69) is 12.2 Å². The van der Waals surface area contributed by atoms with Crippen LogP contribution in [-0.2, 0) is 4.74 Å². The Morgan fingerprint density at radius 1 is 1.64 bits per heavy atom. The molecule has 4 nitrogen and oxygen atoms in total. The lowest BCUT2D eigenvalue weighted by Crippen LogP contribution is -2.48. The van der Waals surface area contributed by atoms with Crippen LogP contribution in [0.5, 0.6) is 0 Å². The van der Waals surface area contributed by atoms with Crippen molar-refractivity contribution in [3.8, 4) is 0 Å². The van der Waals surface area contributed by atoms with Crippen molar-refractivity contribution in [2.75, 3.05) is 26.2 Å². The maximum Gasteiger partial charge on any atom is 0.409 e. The first-order chi connectivity index (χ1) is 6.77. The summed E-state index contributed by atoms with van der Waals surface area (Å²) >= 11 is 0. The van der Waals surface area contributed by atoms with Gasteiger partial charge in [-0.3, -0.25) is 0 Å². The number of carbonyl (C=O) groups is 1. The maximum absolute atomic E-state index is 11.2. The maximum atomic E-state index is 11.2. The number of nitrogens with one attached hydrogen (secondary N) is 1. The molecule has 0 aliphatic carbocycles. The Balaban J connectivity index is 1.86. The van der Waals surface area contributed by atoms with E-state index in [9.17, 15) is 4.79 Å². The average Bonchev–Trinajstić information content (AvgIpc) is 2.56. The summed E-state index contributed by atoms with van der Waals surface area (Å²) in [5.41, 5.74) is 0. The molecule has 14 heavy (non-hydrogen) atoms. The Morgan fingerprint density at radius 2 is 2.50 bits per heavy atom. The number of rotatable bonds is 2. The summed E-state index contributed by atoms with van der Waals surface area (Å²) in [6.45, 7) is 5.44. The molecule has 0 spiro atoms. The van der Waals surface area contributed by atoms with E-state index in [-0.39, 0.29) is 6.09 Å². The lowest BCUT2D eigenvalue weighted by molar-refractivity contribution is 0.150. The first kappa shape index (κ1) is 9.77. The van der Waals surface area contributed by atoms with E-state index in [0.29, 0.717) is 18.6 Å². The molecule has 0 aromatic heterocycles. The second kappa shape index (κ2) is 4.17. The topological polar surface area (TPSA) is 41.6 Å². The quantitative estimate of drug-likeness (QED) is 0.714. The molecule has 2 aliphatic heterocycles. The van der Waals surface area contributed by atoms with E-state index in [0.717, 1.165) is 19.6 Å². The van der Waals surface area contributed by atoms with Crippen LogP contribution in [0.1, 0.15) is 19.8 Å². The van der Waals surface area contributed by atoms with Gasteiger partial charge in [0.15, 0.2) is 0 Å². The highest BCUT2D eigenvalue weighted by atomic mass is 16.6.